The molecule has 1 aromatic carbocycles. The third kappa shape index (κ3) is 4.59. The smallest absolute Gasteiger partial charge is 0.317 e. The van der Waals surface area contributed by atoms with Crippen LogP contribution in [0, 0.1) is 0 Å². The van der Waals surface area contributed by atoms with Crippen molar-refractivity contribution < 1.29 is 19.1 Å². The molecule has 4 heterocycles. The first kappa shape index (κ1) is 21.5. The molecule has 0 aliphatic carbocycles. The van der Waals surface area contributed by atoms with E-state index in [2.05, 4.69) is 32.9 Å². The number of urea groups is 1. The maximum absolute atomic E-state index is 12.5. The molecule has 3 N–H and O–H groups in total. The van der Waals surface area contributed by atoms with Crippen molar-refractivity contribution in [2.24, 2.45) is 0 Å². The Kier molecular flexibility index (Phi) is 5.80. The lowest BCUT2D eigenvalue weighted by molar-refractivity contribution is -0.116. The molecule has 0 saturated carbocycles. The maximum Gasteiger partial charge on any atom is 0.317 e. The van der Waals surface area contributed by atoms with E-state index in [1.807, 2.05) is 25.1 Å². The van der Waals surface area contributed by atoms with Crippen molar-refractivity contribution in [1.29, 1.82) is 0 Å². The molecule has 174 valence electrons. The number of pyridine rings is 1. The predicted molar refractivity (Wildman–Crippen MR) is 123 cm³/mol. The highest BCUT2D eigenvalue weighted by atomic mass is 16.5. The first-order valence-corrected chi connectivity index (χ1v) is 11.5. The van der Waals surface area contributed by atoms with Crippen LogP contribution in [0.1, 0.15) is 43.2 Å². The Morgan fingerprint density at radius 1 is 1.21 bits per heavy atom. The molecule has 3 amide bonds. The van der Waals surface area contributed by atoms with Crippen LogP contribution in [0.25, 0.3) is 0 Å². The van der Waals surface area contributed by atoms with Crippen molar-refractivity contribution >= 4 is 17.8 Å². The normalized spacial score (nSPS) is 22.5. The summed E-state index contributed by atoms with van der Waals surface area (Å²) in [6.07, 6.45) is 4.10. The van der Waals surface area contributed by atoms with Crippen molar-refractivity contribution in [3.05, 3.63) is 41.6 Å². The Hall–Kier alpha value is -3.33. The molecule has 3 aliphatic rings. The minimum Gasteiger partial charge on any atom is -0.470 e. The largest absolute Gasteiger partial charge is 0.470 e. The van der Waals surface area contributed by atoms with Gasteiger partial charge in [-0.1, -0.05) is 6.92 Å². The van der Waals surface area contributed by atoms with Gasteiger partial charge >= 0.3 is 6.03 Å². The van der Waals surface area contributed by atoms with Gasteiger partial charge in [-0.25, -0.2) is 9.78 Å². The van der Waals surface area contributed by atoms with E-state index in [0.29, 0.717) is 30.2 Å². The maximum atomic E-state index is 12.5. The summed E-state index contributed by atoms with van der Waals surface area (Å²) in [4.78, 5) is 30.7. The van der Waals surface area contributed by atoms with Gasteiger partial charge in [-0.3, -0.25) is 4.79 Å². The Morgan fingerprint density at radius 3 is 2.85 bits per heavy atom. The number of amides is 3. The average Bonchev–Trinajstić information content (AvgIpc) is 3.10. The van der Waals surface area contributed by atoms with Gasteiger partial charge in [0.25, 0.3) is 0 Å². The van der Waals surface area contributed by atoms with E-state index in [0.717, 1.165) is 42.8 Å². The fourth-order valence-corrected chi connectivity index (χ4v) is 4.60. The number of fused-ring (bicyclic) bond motifs is 2. The Labute approximate surface area is 192 Å². The van der Waals surface area contributed by atoms with Crippen LogP contribution in [0.4, 0.5) is 10.6 Å². The second kappa shape index (κ2) is 8.90. The molecule has 9 heteroatoms. The van der Waals surface area contributed by atoms with E-state index in [4.69, 9.17) is 9.47 Å². The summed E-state index contributed by atoms with van der Waals surface area (Å²) in [6, 6.07) is 7.47. The van der Waals surface area contributed by atoms with Crippen molar-refractivity contribution in [2.45, 2.75) is 50.8 Å². The fraction of sp³-hybridized carbons (Fsp3) is 0.458. The molecule has 0 spiro atoms. The van der Waals surface area contributed by atoms with Crippen molar-refractivity contribution in [3.8, 4) is 17.2 Å². The molecule has 5 rings (SSSR count). The molecule has 2 atom stereocenters. The van der Waals surface area contributed by atoms with Gasteiger partial charge in [-0.05, 0) is 63.7 Å². The van der Waals surface area contributed by atoms with Gasteiger partial charge in [0.05, 0.1) is 0 Å². The van der Waals surface area contributed by atoms with E-state index in [-0.39, 0.29) is 23.9 Å². The number of hydrogen-bond acceptors (Lipinski definition) is 6. The molecular formula is C24H29N5O4. The first-order chi connectivity index (χ1) is 16.0. The van der Waals surface area contributed by atoms with Crippen LogP contribution < -0.4 is 25.4 Å². The highest BCUT2D eigenvalue weighted by Gasteiger charge is 2.33. The summed E-state index contributed by atoms with van der Waals surface area (Å²) in [5.41, 5.74) is 1.88. The van der Waals surface area contributed by atoms with E-state index in [1.165, 1.54) is 0 Å². The van der Waals surface area contributed by atoms with Crippen LogP contribution in [-0.4, -0.2) is 54.2 Å². The van der Waals surface area contributed by atoms with E-state index >= 15 is 0 Å². The molecule has 9 nitrogen and oxygen atoms in total. The summed E-state index contributed by atoms with van der Waals surface area (Å²) >= 11 is 0. The number of nitrogens with zero attached hydrogens (tertiary/aromatic N) is 2. The lowest BCUT2D eigenvalue weighted by Gasteiger charge is -2.30. The molecule has 2 aromatic rings. The number of rotatable bonds is 4. The monoisotopic (exact) mass is 451 g/mol. The zero-order valence-corrected chi connectivity index (χ0v) is 18.9. The highest BCUT2D eigenvalue weighted by Crippen LogP contribution is 2.41. The van der Waals surface area contributed by atoms with Crippen LogP contribution in [-0.2, 0) is 11.2 Å². The lowest BCUT2D eigenvalue weighted by Crippen LogP contribution is -2.51. The van der Waals surface area contributed by atoms with Crippen molar-refractivity contribution in [3.63, 3.8) is 0 Å². The molecule has 33 heavy (non-hydrogen) atoms. The third-order valence-corrected chi connectivity index (χ3v) is 6.61. The molecule has 1 aromatic heterocycles. The number of hydrogen-bond donors (Lipinski definition) is 3. The van der Waals surface area contributed by atoms with E-state index in [1.54, 1.807) is 12.3 Å². The van der Waals surface area contributed by atoms with Crippen LogP contribution >= 0.6 is 0 Å². The number of ether oxygens (including phenoxy) is 2. The molecule has 0 radical (unpaired) electrons. The van der Waals surface area contributed by atoms with Crippen molar-refractivity contribution in [2.75, 3.05) is 25.5 Å². The van der Waals surface area contributed by atoms with E-state index < -0.39 is 6.23 Å². The quantitative estimate of drug-likeness (QED) is 0.660. The SMILES string of the molecule is C[C@H]1c2cc(Oc3ccnc4c3CCC(=O)N4)ccc2O[C@H]1NC(=O)NC1CCN(C)CC1. The van der Waals surface area contributed by atoms with Gasteiger partial charge in [0.1, 0.15) is 23.1 Å². The van der Waals surface area contributed by atoms with Crippen LogP contribution in [0.5, 0.6) is 17.2 Å². The number of benzene rings is 1. The summed E-state index contributed by atoms with van der Waals surface area (Å²) < 4.78 is 12.2. The number of nitrogens with one attached hydrogen (secondary N) is 3. The summed E-state index contributed by atoms with van der Waals surface area (Å²) in [6.45, 7) is 4.01. The van der Waals surface area contributed by atoms with Crippen LogP contribution in [0.15, 0.2) is 30.5 Å². The highest BCUT2D eigenvalue weighted by molar-refractivity contribution is 5.93. The second-order valence-corrected chi connectivity index (χ2v) is 9.01. The molecule has 1 fully saturated rings. The van der Waals surface area contributed by atoms with Crippen LogP contribution in [0.3, 0.4) is 0 Å². The Balaban J connectivity index is 1.24. The number of carbonyl (C=O) groups is 2. The average molecular weight is 452 g/mol. The van der Waals surface area contributed by atoms with Gasteiger partial charge in [-0.15, -0.1) is 0 Å². The zero-order valence-electron chi connectivity index (χ0n) is 18.9. The Morgan fingerprint density at radius 2 is 2.03 bits per heavy atom. The second-order valence-electron chi connectivity index (χ2n) is 9.01. The first-order valence-electron chi connectivity index (χ1n) is 11.5. The van der Waals surface area contributed by atoms with Gasteiger partial charge in [0.15, 0.2) is 6.23 Å². The standard InChI is InChI=1S/C24H29N5O4/c1-14-18-13-16(32-20-7-10-25-22-17(20)4-6-21(30)27-22)3-5-19(18)33-23(14)28-24(31)26-15-8-11-29(2)12-9-15/h3,5,7,10,13-15,23H,4,6,8-9,11-12H2,1-2H3,(H,25,27,30)(H2,26,28,31)/t14-,23+/m0/s1. The summed E-state index contributed by atoms with van der Waals surface area (Å²) in [5.74, 6) is 2.58. The third-order valence-electron chi connectivity index (χ3n) is 6.61. The zero-order chi connectivity index (χ0) is 22.9. The van der Waals surface area contributed by atoms with Gasteiger partial charge in [-0.2, -0.15) is 0 Å². The van der Waals surface area contributed by atoms with Gasteiger partial charge in [0, 0.05) is 35.7 Å². The molecule has 0 bridgehead atoms. The van der Waals surface area contributed by atoms with Crippen molar-refractivity contribution in [1.82, 2.24) is 20.5 Å². The minimum absolute atomic E-state index is 0.0302. The number of carbonyl (C=O) groups excluding carboxylic acids is 2. The molecular weight excluding hydrogens is 422 g/mol. The molecule has 3 aliphatic heterocycles. The minimum atomic E-state index is -0.439. The number of piperidine rings is 1. The topological polar surface area (TPSA) is 105 Å². The summed E-state index contributed by atoms with van der Waals surface area (Å²) in [7, 11) is 2.10. The lowest BCUT2D eigenvalue weighted by atomic mass is 10.0. The van der Waals surface area contributed by atoms with Gasteiger partial charge in [0.2, 0.25) is 5.91 Å². The number of likely N-dealkylation sites (tertiary alicyclic amines) is 1. The van der Waals surface area contributed by atoms with Crippen LogP contribution in [0.2, 0.25) is 0 Å². The Bertz CT molecular complexity index is 1070. The number of anilines is 1. The fourth-order valence-electron chi connectivity index (χ4n) is 4.60. The summed E-state index contributed by atoms with van der Waals surface area (Å²) in [5, 5.41) is 8.84. The number of aromatic nitrogens is 1. The molecule has 0 unspecified atom stereocenters. The van der Waals surface area contributed by atoms with E-state index in [9.17, 15) is 9.59 Å². The van der Waals surface area contributed by atoms with Gasteiger partial charge < -0.3 is 30.3 Å². The predicted octanol–water partition coefficient (Wildman–Crippen LogP) is 2.97. The molecule has 1 saturated heterocycles.